The molecule has 4 heteroatoms. The summed E-state index contributed by atoms with van der Waals surface area (Å²) in [6, 6.07) is 6.22. The molecule has 1 saturated carbocycles. The maximum absolute atomic E-state index is 6.31. The lowest BCUT2D eigenvalue weighted by molar-refractivity contribution is 0.194. The van der Waals surface area contributed by atoms with Crippen LogP contribution in [0.4, 0.5) is 0 Å². The molecule has 3 nitrogen and oxygen atoms in total. The minimum Gasteiger partial charge on any atom is -0.493 e. The van der Waals surface area contributed by atoms with E-state index in [1.165, 1.54) is 17.7 Å². The molecule has 0 bridgehead atoms. The van der Waals surface area contributed by atoms with Crippen molar-refractivity contribution in [2.75, 3.05) is 25.2 Å². The first kappa shape index (κ1) is 14.1. The molecule has 1 saturated heterocycles. The van der Waals surface area contributed by atoms with Crippen LogP contribution in [0.1, 0.15) is 31.2 Å². The summed E-state index contributed by atoms with van der Waals surface area (Å²) in [4.78, 5) is 0. The van der Waals surface area contributed by atoms with Crippen molar-refractivity contribution >= 4 is 11.8 Å². The molecule has 0 radical (unpaired) electrons. The Morgan fingerprint density at radius 3 is 2.80 bits per heavy atom. The standard InChI is InChI=1S/C16H23NO2S/c1-18-14-5-2-4-13(16(11-17)7-3-8-16)15(14)19-12-6-9-20-10-12/h2,4-5,12H,3,6-11,17H2,1H3. The quantitative estimate of drug-likeness (QED) is 0.906. The molecule has 1 aromatic carbocycles. The SMILES string of the molecule is COc1cccc(C2(CN)CCC2)c1OC1CCSC1. The van der Waals surface area contributed by atoms with Crippen molar-refractivity contribution in [3.63, 3.8) is 0 Å². The Kier molecular flexibility index (Phi) is 4.13. The molecule has 0 amide bonds. The second kappa shape index (κ2) is 5.86. The molecule has 20 heavy (non-hydrogen) atoms. The molecule has 0 aromatic heterocycles. The molecule has 1 atom stereocenters. The van der Waals surface area contributed by atoms with Gasteiger partial charge in [-0.25, -0.2) is 0 Å². The van der Waals surface area contributed by atoms with E-state index in [9.17, 15) is 0 Å². The van der Waals surface area contributed by atoms with E-state index >= 15 is 0 Å². The van der Waals surface area contributed by atoms with Crippen molar-refractivity contribution in [1.82, 2.24) is 0 Å². The molecule has 2 aliphatic rings. The van der Waals surface area contributed by atoms with Crippen molar-refractivity contribution in [1.29, 1.82) is 0 Å². The average molecular weight is 293 g/mol. The topological polar surface area (TPSA) is 44.5 Å². The summed E-state index contributed by atoms with van der Waals surface area (Å²) < 4.78 is 11.8. The molecule has 3 rings (SSSR count). The van der Waals surface area contributed by atoms with Gasteiger partial charge in [-0.05, 0) is 31.1 Å². The van der Waals surface area contributed by atoms with Gasteiger partial charge in [-0.1, -0.05) is 18.6 Å². The maximum Gasteiger partial charge on any atom is 0.165 e. The van der Waals surface area contributed by atoms with Crippen LogP contribution in [0.5, 0.6) is 11.5 Å². The highest BCUT2D eigenvalue weighted by Crippen LogP contribution is 2.49. The predicted octanol–water partition coefficient (Wildman–Crippen LogP) is 2.96. The smallest absolute Gasteiger partial charge is 0.165 e. The molecule has 1 unspecified atom stereocenters. The zero-order valence-electron chi connectivity index (χ0n) is 12.1. The maximum atomic E-state index is 6.31. The Morgan fingerprint density at radius 2 is 2.25 bits per heavy atom. The summed E-state index contributed by atoms with van der Waals surface area (Å²) in [6.07, 6.45) is 5.01. The van der Waals surface area contributed by atoms with Crippen molar-refractivity contribution in [3.05, 3.63) is 23.8 Å². The molecular weight excluding hydrogens is 270 g/mol. The minimum absolute atomic E-state index is 0.107. The molecule has 1 heterocycles. The molecule has 2 fully saturated rings. The highest BCUT2D eigenvalue weighted by molar-refractivity contribution is 7.99. The third-order valence-corrected chi connectivity index (χ3v) is 5.78. The number of para-hydroxylation sites is 1. The van der Waals surface area contributed by atoms with Gasteiger partial charge in [0.1, 0.15) is 6.10 Å². The van der Waals surface area contributed by atoms with E-state index in [2.05, 4.69) is 12.1 Å². The third kappa shape index (κ3) is 2.40. The van der Waals surface area contributed by atoms with Crippen LogP contribution in [0.3, 0.4) is 0 Å². The van der Waals surface area contributed by atoms with Gasteiger partial charge in [0, 0.05) is 23.3 Å². The van der Waals surface area contributed by atoms with E-state index in [4.69, 9.17) is 15.2 Å². The first-order valence-corrected chi connectivity index (χ1v) is 8.56. The summed E-state index contributed by atoms with van der Waals surface area (Å²) in [7, 11) is 1.71. The van der Waals surface area contributed by atoms with Crippen LogP contribution >= 0.6 is 11.8 Å². The van der Waals surface area contributed by atoms with Crippen molar-refractivity contribution in [2.24, 2.45) is 5.73 Å². The number of rotatable bonds is 5. The molecular formula is C16H23NO2S. The molecule has 1 aromatic rings. The van der Waals surface area contributed by atoms with Gasteiger partial charge < -0.3 is 15.2 Å². The zero-order chi connectivity index (χ0) is 14.0. The van der Waals surface area contributed by atoms with Gasteiger partial charge >= 0.3 is 0 Å². The molecule has 1 aliphatic heterocycles. The Balaban J connectivity index is 1.95. The number of hydrogen-bond acceptors (Lipinski definition) is 4. The number of hydrogen-bond donors (Lipinski definition) is 1. The predicted molar refractivity (Wildman–Crippen MR) is 83.9 cm³/mol. The minimum atomic E-state index is 0.107. The third-order valence-electron chi connectivity index (χ3n) is 4.64. The van der Waals surface area contributed by atoms with E-state index in [0.29, 0.717) is 12.6 Å². The van der Waals surface area contributed by atoms with Crippen LogP contribution in [0.15, 0.2) is 18.2 Å². The number of benzene rings is 1. The van der Waals surface area contributed by atoms with Crippen LogP contribution in [0.25, 0.3) is 0 Å². The molecule has 0 spiro atoms. The van der Waals surface area contributed by atoms with E-state index in [1.54, 1.807) is 7.11 Å². The lowest BCUT2D eigenvalue weighted by atomic mass is 9.64. The Labute approximate surface area is 125 Å². The fraction of sp³-hybridized carbons (Fsp3) is 0.625. The lowest BCUT2D eigenvalue weighted by Gasteiger charge is -2.42. The summed E-state index contributed by atoms with van der Waals surface area (Å²) >= 11 is 1.96. The van der Waals surface area contributed by atoms with Crippen molar-refractivity contribution in [2.45, 2.75) is 37.2 Å². The average Bonchev–Trinajstić information content (AvgIpc) is 2.92. The fourth-order valence-corrected chi connectivity index (χ4v) is 4.27. The monoisotopic (exact) mass is 293 g/mol. The zero-order valence-corrected chi connectivity index (χ0v) is 12.9. The number of ether oxygens (including phenoxy) is 2. The van der Waals surface area contributed by atoms with Crippen molar-refractivity contribution < 1.29 is 9.47 Å². The Morgan fingerprint density at radius 1 is 1.40 bits per heavy atom. The normalized spacial score (nSPS) is 24.2. The van der Waals surface area contributed by atoms with Crippen LogP contribution in [-0.4, -0.2) is 31.3 Å². The second-order valence-corrected chi connectivity index (χ2v) is 6.93. The highest BCUT2D eigenvalue weighted by atomic mass is 32.2. The van der Waals surface area contributed by atoms with E-state index in [1.807, 2.05) is 17.8 Å². The number of thioether (sulfide) groups is 1. The summed E-state index contributed by atoms with van der Waals surface area (Å²) in [6.45, 7) is 0.690. The van der Waals surface area contributed by atoms with Crippen LogP contribution < -0.4 is 15.2 Å². The van der Waals surface area contributed by atoms with Gasteiger partial charge in [0.25, 0.3) is 0 Å². The number of nitrogens with two attached hydrogens (primary N) is 1. The Bertz CT molecular complexity index is 462. The first-order valence-electron chi connectivity index (χ1n) is 7.41. The van der Waals surface area contributed by atoms with Gasteiger partial charge in [-0.15, -0.1) is 0 Å². The van der Waals surface area contributed by atoms with E-state index in [0.717, 1.165) is 36.5 Å². The van der Waals surface area contributed by atoms with Gasteiger partial charge in [0.15, 0.2) is 11.5 Å². The second-order valence-electron chi connectivity index (χ2n) is 5.78. The summed E-state index contributed by atoms with van der Waals surface area (Å²) in [5.41, 5.74) is 7.43. The van der Waals surface area contributed by atoms with Gasteiger partial charge in [-0.3, -0.25) is 0 Å². The molecule has 2 N–H and O–H groups in total. The largest absolute Gasteiger partial charge is 0.493 e. The molecule has 1 aliphatic carbocycles. The fourth-order valence-electron chi connectivity index (χ4n) is 3.18. The lowest BCUT2D eigenvalue weighted by Crippen LogP contribution is -2.42. The van der Waals surface area contributed by atoms with Crippen molar-refractivity contribution in [3.8, 4) is 11.5 Å². The van der Waals surface area contributed by atoms with Gasteiger partial charge in [0.05, 0.1) is 7.11 Å². The number of methoxy groups -OCH3 is 1. The van der Waals surface area contributed by atoms with Crippen LogP contribution in [-0.2, 0) is 5.41 Å². The Hall–Kier alpha value is -0.870. The van der Waals surface area contributed by atoms with E-state index < -0.39 is 0 Å². The van der Waals surface area contributed by atoms with Crippen LogP contribution in [0, 0.1) is 0 Å². The van der Waals surface area contributed by atoms with Gasteiger partial charge in [-0.2, -0.15) is 11.8 Å². The highest BCUT2D eigenvalue weighted by Gasteiger charge is 2.40. The molecule has 110 valence electrons. The van der Waals surface area contributed by atoms with E-state index in [-0.39, 0.29) is 5.41 Å². The van der Waals surface area contributed by atoms with Gasteiger partial charge in [0.2, 0.25) is 0 Å². The summed E-state index contributed by atoms with van der Waals surface area (Å²) in [5, 5.41) is 0. The van der Waals surface area contributed by atoms with Crippen LogP contribution in [0.2, 0.25) is 0 Å². The summed E-state index contributed by atoms with van der Waals surface area (Å²) in [5.74, 6) is 4.05. The first-order chi connectivity index (χ1) is 9.79.